The molecule has 8 heteroatoms. The van der Waals surface area contributed by atoms with Gasteiger partial charge in [0.05, 0.1) is 0 Å². The molecule has 0 aromatic carbocycles. The number of hydrogen-bond acceptors (Lipinski definition) is 4. The second-order valence-corrected chi connectivity index (χ2v) is 3.29. The number of nitrogens with zero attached hydrogens (tertiary/aromatic N) is 2. The molecule has 1 heterocycles. The highest BCUT2D eigenvalue weighted by atomic mass is 32.2. The van der Waals surface area contributed by atoms with Crippen LogP contribution in [0, 0.1) is 10.4 Å². The summed E-state index contributed by atoms with van der Waals surface area (Å²) in [5.41, 5.74) is 0. The fraction of sp³-hybridized carbons (Fsp3) is 0. The summed E-state index contributed by atoms with van der Waals surface area (Å²) < 4.78 is 29.1. The van der Waals surface area contributed by atoms with E-state index in [0.29, 0.717) is 12.4 Å². The van der Waals surface area contributed by atoms with Gasteiger partial charge in [0, 0.05) is 0 Å². The van der Waals surface area contributed by atoms with Crippen molar-refractivity contribution in [2.24, 2.45) is 0 Å². The zero-order chi connectivity index (χ0) is 9.35. The van der Waals surface area contributed by atoms with Crippen LogP contribution in [-0.2, 0) is 10.1 Å². The maximum Gasteiger partial charge on any atom is 0.400 e. The molecule has 0 fully saturated rings. The first-order valence-electron chi connectivity index (χ1n) is 2.71. The molecule has 1 rings (SSSR count). The number of aromatic nitrogens is 2. The average Bonchev–Trinajstić information content (AvgIpc) is 1.92. The Balaban J connectivity index is 3.43. The third-order valence-corrected chi connectivity index (χ3v) is 1.88. The first kappa shape index (κ1) is 8.68. The van der Waals surface area contributed by atoms with Gasteiger partial charge in [0.2, 0.25) is 12.4 Å². The highest BCUT2D eigenvalue weighted by molar-refractivity contribution is 7.85. The van der Waals surface area contributed by atoms with Crippen LogP contribution in [-0.4, -0.2) is 13.0 Å². The first-order valence-corrected chi connectivity index (χ1v) is 4.15. The van der Waals surface area contributed by atoms with Gasteiger partial charge in [0.1, 0.15) is 0 Å². The summed E-state index contributed by atoms with van der Waals surface area (Å²) in [5, 5.41) is 20.1. The van der Waals surface area contributed by atoms with Crippen molar-refractivity contribution in [1.82, 2.24) is 0 Å². The van der Waals surface area contributed by atoms with Crippen LogP contribution in [0.2, 0.25) is 0 Å². The van der Waals surface area contributed by atoms with E-state index in [0.717, 1.165) is 6.20 Å². The SMILES string of the molecule is O=S(=O)(O)c1c[n+]([O-])cc[n+]1[O-]. The summed E-state index contributed by atoms with van der Waals surface area (Å²) in [6, 6.07) is 0. The Kier molecular flexibility index (Phi) is 1.86. The molecule has 66 valence electrons. The van der Waals surface area contributed by atoms with Crippen molar-refractivity contribution in [2.75, 3.05) is 0 Å². The quantitative estimate of drug-likeness (QED) is 0.321. The van der Waals surface area contributed by atoms with Crippen molar-refractivity contribution in [3.63, 3.8) is 0 Å². The van der Waals surface area contributed by atoms with Gasteiger partial charge in [-0.05, 0) is 0 Å². The van der Waals surface area contributed by atoms with Crippen LogP contribution in [0.3, 0.4) is 0 Å². The van der Waals surface area contributed by atoms with E-state index in [2.05, 4.69) is 0 Å². The summed E-state index contributed by atoms with van der Waals surface area (Å²) in [6.07, 6.45) is 1.94. The Hall–Kier alpha value is -1.41. The van der Waals surface area contributed by atoms with Crippen LogP contribution in [0.1, 0.15) is 0 Å². The molecule has 1 aromatic heterocycles. The predicted octanol–water partition coefficient (Wildman–Crippen LogP) is -1.80. The standard InChI is InChI=1S/C4H4N2O5S/c7-5-1-2-6(8)4(3-5)12(9,10)11/h1-3H,(H,9,10,11). The van der Waals surface area contributed by atoms with Gasteiger partial charge in [-0.25, -0.2) is 0 Å². The van der Waals surface area contributed by atoms with Gasteiger partial charge in [0.25, 0.3) is 6.20 Å². The number of hydrogen-bond donors (Lipinski definition) is 1. The largest absolute Gasteiger partial charge is 0.618 e. The Morgan fingerprint density at radius 1 is 1.33 bits per heavy atom. The van der Waals surface area contributed by atoms with E-state index < -0.39 is 15.1 Å². The van der Waals surface area contributed by atoms with E-state index in [9.17, 15) is 18.8 Å². The fourth-order valence-corrected chi connectivity index (χ4v) is 1.11. The zero-order valence-electron chi connectivity index (χ0n) is 5.61. The average molecular weight is 192 g/mol. The van der Waals surface area contributed by atoms with Gasteiger partial charge in [0.15, 0.2) is 0 Å². The predicted molar refractivity (Wildman–Crippen MR) is 34.2 cm³/mol. The molecule has 0 radical (unpaired) electrons. The molecular formula is C4H4N2O5S. The van der Waals surface area contributed by atoms with E-state index >= 15 is 0 Å². The van der Waals surface area contributed by atoms with Crippen LogP contribution < -0.4 is 9.46 Å². The molecule has 0 amide bonds. The van der Waals surface area contributed by atoms with Crippen molar-refractivity contribution in [2.45, 2.75) is 5.03 Å². The van der Waals surface area contributed by atoms with Crippen molar-refractivity contribution >= 4 is 10.1 Å². The molecule has 0 bridgehead atoms. The summed E-state index contributed by atoms with van der Waals surface area (Å²) in [7, 11) is -4.63. The van der Waals surface area contributed by atoms with Crippen molar-refractivity contribution in [3.05, 3.63) is 29.0 Å². The van der Waals surface area contributed by atoms with E-state index in [4.69, 9.17) is 4.55 Å². The topological polar surface area (TPSA) is 108 Å². The monoisotopic (exact) mass is 192 g/mol. The molecule has 12 heavy (non-hydrogen) atoms. The summed E-state index contributed by atoms with van der Waals surface area (Å²) in [4.78, 5) is 0. The lowest BCUT2D eigenvalue weighted by atomic mass is 10.7. The van der Waals surface area contributed by atoms with E-state index in [1.807, 2.05) is 0 Å². The molecule has 0 saturated heterocycles. The normalized spacial score (nSPS) is 11.4. The Bertz CT molecular complexity index is 400. The Labute approximate surface area is 67.4 Å². The minimum atomic E-state index is -4.63. The van der Waals surface area contributed by atoms with Crippen molar-refractivity contribution in [1.29, 1.82) is 0 Å². The molecule has 0 aliphatic heterocycles. The maximum atomic E-state index is 10.6. The lowest BCUT2D eigenvalue weighted by Gasteiger charge is -1.99. The van der Waals surface area contributed by atoms with E-state index in [1.165, 1.54) is 0 Å². The van der Waals surface area contributed by atoms with Gasteiger partial charge >= 0.3 is 15.1 Å². The van der Waals surface area contributed by atoms with Gasteiger partial charge in [-0.1, -0.05) is 0 Å². The molecule has 0 aliphatic rings. The lowest BCUT2D eigenvalue weighted by molar-refractivity contribution is -0.695. The first-order chi connectivity index (χ1) is 5.41. The lowest BCUT2D eigenvalue weighted by Crippen LogP contribution is -2.40. The van der Waals surface area contributed by atoms with Crippen LogP contribution in [0.5, 0.6) is 0 Å². The molecule has 0 aliphatic carbocycles. The molecule has 0 atom stereocenters. The highest BCUT2D eigenvalue weighted by Crippen LogP contribution is 1.95. The summed E-state index contributed by atoms with van der Waals surface area (Å²) in [6.45, 7) is 0. The minimum absolute atomic E-state index is 0.0947. The molecule has 0 unspecified atom stereocenters. The Morgan fingerprint density at radius 2 is 1.92 bits per heavy atom. The molecule has 1 aromatic rings. The van der Waals surface area contributed by atoms with Crippen molar-refractivity contribution in [3.8, 4) is 0 Å². The minimum Gasteiger partial charge on any atom is -0.618 e. The second kappa shape index (κ2) is 2.57. The molecular weight excluding hydrogens is 188 g/mol. The van der Waals surface area contributed by atoms with Crippen molar-refractivity contribution < 1.29 is 22.4 Å². The zero-order valence-corrected chi connectivity index (χ0v) is 6.43. The fourth-order valence-electron chi connectivity index (χ4n) is 0.589. The summed E-state index contributed by atoms with van der Waals surface area (Å²) in [5.74, 6) is 0. The molecule has 7 nitrogen and oxygen atoms in total. The van der Waals surface area contributed by atoms with Crippen LogP contribution in [0.15, 0.2) is 23.6 Å². The maximum absolute atomic E-state index is 10.6. The van der Waals surface area contributed by atoms with Gasteiger partial charge < -0.3 is 10.4 Å². The van der Waals surface area contributed by atoms with Gasteiger partial charge in [-0.15, -0.1) is 4.73 Å². The van der Waals surface area contributed by atoms with Gasteiger partial charge in [-0.2, -0.15) is 13.1 Å². The molecule has 0 spiro atoms. The van der Waals surface area contributed by atoms with E-state index in [1.54, 1.807) is 0 Å². The summed E-state index contributed by atoms with van der Waals surface area (Å²) >= 11 is 0. The van der Waals surface area contributed by atoms with Crippen LogP contribution >= 0.6 is 0 Å². The molecule has 0 saturated carbocycles. The number of rotatable bonds is 1. The van der Waals surface area contributed by atoms with Crippen LogP contribution in [0.4, 0.5) is 0 Å². The third kappa shape index (κ3) is 1.60. The Morgan fingerprint density at radius 3 is 2.33 bits per heavy atom. The third-order valence-electron chi connectivity index (χ3n) is 1.07. The van der Waals surface area contributed by atoms with Gasteiger partial charge in [-0.3, -0.25) is 4.55 Å². The molecule has 1 N–H and O–H groups in total. The van der Waals surface area contributed by atoms with Crippen LogP contribution in [0.25, 0.3) is 0 Å². The van der Waals surface area contributed by atoms with E-state index in [-0.39, 0.29) is 9.46 Å². The smallest absolute Gasteiger partial charge is 0.400 e. The highest BCUT2D eigenvalue weighted by Gasteiger charge is 2.24. The second-order valence-electron chi connectivity index (χ2n) is 1.93.